The van der Waals surface area contributed by atoms with Gasteiger partial charge in [0.2, 0.25) is 5.91 Å². The summed E-state index contributed by atoms with van der Waals surface area (Å²) in [5.41, 5.74) is 5.57. The molecule has 1 aromatic rings. The topological polar surface area (TPSA) is 116 Å². The Balaban J connectivity index is 1.99. The van der Waals surface area contributed by atoms with Crippen LogP contribution in [0.1, 0.15) is 25.0 Å². The minimum atomic E-state index is -0.825. The van der Waals surface area contributed by atoms with Crippen molar-refractivity contribution in [3.8, 4) is 0 Å². The van der Waals surface area contributed by atoms with Gasteiger partial charge in [0.05, 0.1) is 18.6 Å². The number of nitrogens with zero attached hydrogens (tertiary/aromatic N) is 2. The molecule has 1 fully saturated rings. The number of hydrogen-bond acceptors (Lipinski definition) is 4. The zero-order valence-corrected chi connectivity index (χ0v) is 9.31. The largest absolute Gasteiger partial charge is 0.409 e. The summed E-state index contributed by atoms with van der Waals surface area (Å²) in [6.45, 7) is 0.360. The molecule has 92 valence electrons. The molecule has 1 aromatic heterocycles. The predicted octanol–water partition coefficient (Wildman–Crippen LogP) is -0.0574. The van der Waals surface area contributed by atoms with Crippen molar-refractivity contribution < 1.29 is 10.0 Å². The summed E-state index contributed by atoms with van der Waals surface area (Å²) in [6, 6.07) is 0. The molecule has 0 atom stereocenters. The molecular formula is C10H15N5O2. The summed E-state index contributed by atoms with van der Waals surface area (Å²) in [6.07, 6.45) is 5.34. The Morgan fingerprint density at radius 1 is 1.71 bits per heavy atom. The van der Waals surface area contributed by atoms with Gasteiger partial charge in [-0.1, -0.05) is 11.6 Å². The molecule has 0 aliphatic heterocycles. The van der Waals surface area contributed by atoms with E-state index in [1.165, 1.54) is 0 Å². The van der Waals surface area contributed by atoms with E-state index >= 15 is 0 Å². The van der Waals surface area contributed by atoms with Gasteiger partial charge in [0, 0.05) is 6.20 Å². The minimum absolute atomic E-state index is 0.00846. The first kappa shape index (κ1) is 11.4. The average molecular weight is 237 g/mol. The number of amides is 1. The first-order valence-corrected chi connectivity index (χ1v) is 5.42. The molecule has 1 heterocycles. The number of oxime groups is 1. The Hall–Kier alpha value is -2.05. The third-order valence-electron chi connectivity index (χ3n) is 3.23. The van der Waals surface area contributed by atoms with E-state index < -0.39 is 5.41 Å². The molecule has 1 amide bonds. The zero-order chi connectivity index (χ0) is 12.3. The van der Waals surface area contributed by atoms with Crippen LogP contribution in [0, 0.1) is 5.41 Å². The number of carbonyl (C=O) groups is 1. The maximum atomic E-state index is 12.0. The Morgan fingerprint density at radius 3 is 2.94 bits per heavy atom. The summed E-state index contributed by atoms with van der Waals surface area (Å²) >= 11 is 0. The SMILES string of the molecule is NC(=NO)C1(C(=O)NCc2cnc[nH]2)CCC1. The number of aromatic nitrogens is 2. The van der Waals surface area contributed by atoms with Crippen molar-refractivity contribution in [1.29, 1.82) is 0 Å². The fourth-order valence-electron chi connectivity index (χ4n) is 1.95. The number of H-pyrrole nitrogens is 1. The molecule has 1 saturated carbocycles. The highest BCUT2D eigenvalue weighted by atomic mass is 16.4. The van der Waals surface area contributed by atoms with E-state index in [1.807, 2.05) is 0 Å². The normalized spacial score (nSPS) is 18.5. The highest BCUT2D eigenvalue weighted by Gasteiger charge is 2.48. The lowest BCUT2D eigenvalue weighted by Gasteiger charge is -2.38. The summed E-state index contributed by atoms with van der Waals surface area (Å²) in [4.78, 5) is 18.8. The summed E-state index contributed by atoms with van der Waals surface area (Å²) in [5, 5.41) is 14.4. The highest BCUT2D eigenvalue weighted by Crippen LogP contribution is 2.41. The second-order valence-electron chi connectivity index (χ2n) is 4.18. The first-order chi connectivity index (χ1) is 8.19. The van der Waals surface area contributed by atoms with E-state index in [9.17, 15) is 4.79 Å². The molecule has 0 unspecified atom stereocenters. The zero-order valence-electron chi connectivity index (χ0n) is 9.31. The summed E-state index contributed by atoms with van der Waals surface area (Å²) in [5.74, 6) is -0.209. The average Bonchev–Trinajstić information content (AvgIpc) is 2.77. The summed E-state index contributed by atoms with van der Waals surface area (Å²) < 4.78 is 0. The minimum Gasteiger partial charge on any atom is -0.409 e. The number of imidazole rings is 1. The molecule has 5 N–H and O–H groups in total. The van der Waals surface area contributed by atoms with E-state index in [0.29, 0.717) is 19.4 Å². The molecule has 7 heteroatoms. The number of hydrogen-bond donors (Lipinski definition) is 4. The van der Waals surface area contributed by atoms with Crippen molar-refractivity contribution in [2.45, 2.75) is 25.8 Å². The molecule has 1 aliphatic rings. The molecule has 0 saturated heterocycles. The lowest BCUT2D eigenvalue weighted by atomic mass is 9.67. The molecular weight excluding hydrogens is 222 g/mol. The maximum absolute atomic E-state index is 12.0. The van der Waals surface area contributed by atoms with Crippen molar-refractivity contribution >= 4 is 11.7 Å². The van der Waals surface area contributed by atoms with Gasteiger partial charge < -0.3 is 21.2 Å². The second kappa shape index (κ2) is 4.44. The van der Waals surface area contributed by atoms with Crippen molar-refractivity contribution in [3.05, 3.63) is 18.2 Å². The first-order valence-electron chi connectivity index (χ1n) is 5.42. The Kier molecular flexibility index (Phi) is 2.99. The van der Waals surface area contributed by atoms with Crippen LogP contribution in [0.3, 0.4) is 0 Å². The van der Waals surface area contributed by atoms with Crippen LogP contribution in [0.25, 0.3) is 0 Å². The van der Waals surface area contributed by atoms with Crippen molar-refractivity contribution in [1.82, 2.24) is 15.3 Å². The van der Waals surface area contributed by atoms with Gasteiger partial charge in [-0.15, -0.1) is 0 Å². The van der Waals surface area contributed by atoms with Gasteiger partial charge in [-0.05, 0) is 12.8 Å². The molecule has 2 rings (SSSR count). The monoisotopic (exact) mass is 237 g/mol. The quantitative estimate of drug-likeness (QED) is 0.254. The van der Waals surface area contributed by atoms with Crippen LogP contribution in [0.5, 0.6) is 0 Å². The van der Waals surface area contributed by atoms with Crippen LogP contribution in [-0.4, -0.2) is 26.9 Å². The van der Waals surface area contributed by atoms with Gasteiger partial charge in [0.25, 0.3) is 0 Å². The van der Waals surface area contributed by atoms with Crippen LogP contribution >= 0.6 is 0 Å². The fraction of sp³-hybridized carbons (Fsp3) is 0.500. The third kappa shape index (κ3) is 1.95. The van der Waals surface area contributed by atoms with Gasteiger partial charge in [-0.2, -0.15) is 0 Å². The number of nitrogens with one attached hydrogen (secondary N) is 2. The molecule has 0 bridgehead atoms. The van der Waals surface area contributed by atoms with Crippen LogP contribution < -0.4 is 11.1 Å². The smallest absolute Gasteiger partial charge is 0.234 e. The van der Waals surface area contributed by atoms with Gasteiger partial charge >= 0.3 is 0 Å². The lowest BCUT2D eigenvalue weighted by molar-refractivity contribution is -0.131. The summed E-state index contributed by atoms with van der Waals surface area (Å²) in [7, 11) is 0. The third-order valence-corrected chi connectivity index (χ3v) is 3.23. The maximum Gasteiger partial charge on any atom is 0.234 e. The lowest BCUT2D eigenvalue weighted by Crippen LogP contribution is -2.53. The second-order valence-corrected chi connectivity index (χ2v) is 4.18. The van der Waals surface area contributed by atoms with Crippen LogP contribution in [0.4, 0.5) is 0 Å². The Morgan fingerprint density at radius 2 is 2.47 bits per heavy atom. The van der Waals surface area contributed by atoms with E-state index in [0.717, 1.165) is 12.1 Å². The number of carbonyl (C=O) groups excluding carboxylic acids is 1. The molecule has 17 heavy (non-hydrogen) atoms. The van der Waals surface area contributed by atoms with Gasteiger partial charge in [0.1, 0.15) is 5.41 Å². The van der Waals surface area contributed by atoms with E-state index in [2.05, 4.69) is 20.4 Å². The number of rotatable bonds is 4. The van der Waals surface area contributed by atoms with Crippen LogP contribution in [-0.2, 0) is 11.3 Å². The molecule has 7 nitrogen and oxygen atoms in total. The van der Waals surface area contributed by atoms with Crippen LogP contribution in [0.15, 0.2) is 17.7 Å². The highest BCUT2D eigenvalue weighted by molar-refractivity contribution is 6.07. The van der Waals surface area contributed by atoms with Gasteiger partial charge in [0.15, 0.2) is 5.84 Å². The van der Waals surface area contributed by atoms with E-state index in [-0.39, 0.29) is 11.7 Å². The number of aromatic amines is 1. The predicted molar refractivity (Wildman–Crippen MR) is 60.1 cm³/mol. The van der Waals surface area contributed by atoms with Gasteiger partial charge in [-0.25, -0.2) is 4.98 Å². The van der Waals surface area contributed by atoms with E-state index in [4.69, 9.17) is 10.9 Å². The van der Waals surface area contributed by atoms with E-state index in [1.54, 1.807) is 12.5 Å². The fourth-order valence-corrected chi connectivity index (χ4v) is 1.95. The van der Waals surface area contributed by atoms with Crippen molar-refractivity contribution in [2.75, 3.05) is 0 Å². The standard InChI is InChI=1S/C10H15N5O2/c11-8(15-17)10(2-1-3-10)9(16)13-5-7-4-12-6-14-7/h4,6,17H,1-3,5H2,(H2,11,15)(H,12,14)(H,13,16). The molecule has 1 aliphatic carbocycles. The Labute approximate surface area is 98.1 Å². The molecule has 0 radical (unpaired) electrons. The number of nitrogens with two attached hydrogens (primary N) is 1. The van der Waals surface area contributed by atoms with Crippen LogP contribution in [0.2, 0.25) is 0 Å². The molecule has 0 aromatic carbocycles. The van der Waals surface area contributed by atoms with Crippen molar-refractivity contribution in [2.24, 2.45) is 16.3 Å². The number of amidine groups is 1. The van der Waals surface area contributed by atoms with Gasteiger partial charge in [-0.3, -0.25) is 4.79 Å². The Bertz CT molecular complexity index is 422. The van der Waals surface area contributed by atoms with Crippen molar-refractivity contribution in [3.63, 3.8) is 0 Å². The molecule has 0 spiro atoms.